The highest BCUT2D eigenvalue weighted by Crippen LogP contribution is 2.41. The highest BCUT2D eigenvalue weighted by molar-refractivity contribution is 5.82. The Morgan fingerprint density at radius 3 is 2.16 bits per heavy atom. The van der Waals surface area contributed by atoms with Crippen molar-refractivity contribution in [2.24, 2.45) is 0 Å². The third kappa shape index (κ3) is 6.90. The molecule has 2 aromatic rings. The number of nitrogens with zero attached hydrogens (tertiary/aromatic N) is 1. The summed E-state index contributed by atoms with van der Waals surface area (Å²) in [5, 5.41) is 0. The summed E-state index contributed by atoms with van der Waals surface area (Å²) in [6.45, 7) is 0.607. The SMILES string of the molecule is COc1ccc(OC)c(CCCOC(=O)[C@@H]2CCCCN2C(=O)Oc2cc(OC)c(OC)c(OC)c2)c1. The van der Waals surface area contributed by atoms with Gasteiger partial charge in [0.25, 0.3) is 0 Å². The van der Waals surface area contributed by atoms with Gasteiger partial charge in [-0.15, -0.1) is 0 Å². The summed E-state index contributed by atoms with van der Waals surface area (Å²) in [5.41, 5.74) is 0.964. The molecule has 1 saturated heterocycles. The maximum atomic E-state index is 13.0. The zero-order valence-corrected chi connectivity index (χ0v) is 22.0. The van der Waals surface area contributed by atoms with Crippen LogP contribution in [0, 0.1) is 0 Å². The van der Waals surface area contributed by atoms with Crippen molar-refractivity contribution in [2.45, 2.75) is 38.1 Å². The molecular formula is C27H35NO9. The van der Waals surface area contributed by atoms with Gasteiger partial charge in [0.15, 0.2) is 11.5 Å². The lowest BCUT2D eigenvalue weighted by atomic mass is 10.0. The fourth-order valence-corrected chi connectivity index (χ4v) is 4.28. The maximum absolute atomic E-state index is 13.0. The summed E-state index contributed by atoms with van der Waals surface area (Å²) in [5.74, 6) is 2.34. The lowest BCUT2D eigenvalue weighted by Crippen LogP contribution is -2.49. The average Bonchev–Trinajstić information content (AvgIpc) is 2.94. The molecule has 1 heterocycles. The number of carbonyl (C=O) groups excluding carboxylic acids is 2. The molecular weight excluding hydrogens is 482 g/mol. The Hall–Kier alpha value is -3.82. The topological polar surface area (TPSA) is 102 Å². The highest BCUT2D eigenvalue weighted by Gasteiger charge is 2.35. The summed E-state index contributed by atoms with van der Waals surface area (Å²) in [4.78, 5) is 27.4. The van der Waals surface area contributed by atoms with E-state index in [1.165, 1.54) is 38.4 Å². The number of esters is 1. The molecule has 0 aliphatic carbocycles. The number of amides is 1. The van der Waals surface area contributed by atoms with Crippen molar-refractivity contribution in [2.75, 3.05) is 48.7 Å². The van der Waals surface area contributed by atoms with Crippen molar-refractivity contribution >= 4 is 12.1 Å². The molecule has 0 bridgehead atoms. The van der Waals surface area contributed by atoms with Crippen LogP contribution in [-0.4, -0.2) is 71.7 Å². The summed E-state index contributed by atoms with van der Waals surface area (Å²) >= 11 is 0. The second-order valence-corrected chi connectivity index (χ2v) is 8.38. The fraction of sp³-hybridized carbons (Fsp3) is 0.481. The lowest BCUT2D eigenvalue weighted by molar-refractivity contribution is -0.150. The van der Waals surface area contributed by atoms with Crippen molar-refractivity contribution in [3.8, 4) is 34.5 Å². The Morgan fingerprint density at radius 2 is 1.54 bits per heavy atom. The minimum absolute atomic E-state index is 0.212. The predicted octanol–water partition coefficient (Wildman–Crippen LogP) is 4.26. The van der Waals surface area contributed by atoms with Crippen molar-refractivity contribution < 1.29 is 42.7 Å². The number of carbonyl (C=O) groups is 2. The molecule has 0 radical (unpaired) electrons. The van der Waals surface area contributed by atoms with Gasteiger partial charge in [-0.3, -0.25) is 4.90 Å². The Morgan fingerprint density at radius 1 is 0.838 bits per heavy atom. The van der Waals surface area contributed by atoms with Crippen LogP contribution in [0.15, 0.2) is 30.3 Å². The Bertz CT molecular complexity index is 1050. The molecule has 1 aliphatic heterocycles. The third-order valence-corrected chi connectivity index (χ3v) is 6.18. The van der Waals surface area contributed by atoms with Crippen molar-refractivity contribution in [3.63, 3.8) is 0 Å². The smallest absolute Gasteiger partial charge is 0.415 e. The minimum atomic E-state index is -0.713. The van der Waals surface area contributed by atoms with Crippen LogP contribution < -0.4 is 28.4 Å². The number of benzene rings is 2. The van der Waals surface area contributed by atoms with E-state index in [1.807, 2.05) is 18.2 Å². The standard InChI is InChI=1S/C27H35NO9/c1-31-19-11-12-22(32-2)18(15-19)9-8-14-36-26(29)21-10-6-7-13-28(21)27(30)37-20-16-23(33-3)25(35-5)24(17-20)34-4/h11-12,15-17,21H,6-10,13-14H2,1-5H3/t21-/m0/s1. The van der Waals surface area contributed by atoms with Crippen molar-refractivity contribution in [3.05, 3.63) is 35.9 Å². The zero-order valence-electron chi connectivity index (χ0n) is 22.0. The summed E-state index contributed by atoms with van der Waals surface area (Å²) in [7, 11) is 7.66. The average molecular weight is 518 g/mol. The van der Waals surface area contributed by atoms with E-state index in [-0.39, 0.29) is 12.4 Å². The predicted molar refractivity (Wildman–Crippen MR) is 135 cm³/mol. The largest absolute Gasteiger partial charge is 0.497 e. The molecule has 0 N–H and O–H groups in total. The van der Waals surface area contributed by atoms with Crippen LogP contribution in [0.3, 0.4) is 0 Å². The Balaban J connectivity index is 1.61. The first-order valence-corrected chi connectivity index (χ1v) is 12.1. The molecule has 0 unspecified atom stereocenters. The molecule has 10 nitrogen and oxygen atoms in total. The first-order valence-electron chi connectivity index (χ1n) is 12.1. The van der Waals surface area contributed by atoms with Crippen LogP contribution in [0.1, 0.15) is 31.2 Å². The van der Waals surface area contributed by atoms with Gasteiger partial charge in [0.1, 0.15) is 23.3 Å². The lowest BCUT2D eigenvalue weighted by Gasteiger charge is -2.33. The van der Waals surface area contributed by atoms with E-state index in [1.54, 1.807) is 14.2 Å². The van der Waals surface area contributed by atoms with E-state index in [4.69, 9.17) is 33.2 Å². The monoisotopic (exact) mass is 517 g/mol. The summed E-state index contributed by atoms with van der Waals surface area (Å²) < 4.78 is 37.8. The van der Waals surface area contributed by atoms with Crippen LogP contribution in [0.4, 0.5) is 4.79 Å². The molecule has 1 fully saturated rings. The van der Waals surface area contributed by atoms with Crippen molar-refractivity contribution in [1.29, 1.82) is 0 Å². The molecule has 1 atom stereocenters. The number of likely N-dealkylation sites (tertiary alicyclic amines) is 1. The van der Waals surface area contributed by atoms with Gasteiger partial charge in [0, 0.05) is 18.7 Å². The molecule has 0 aromatic heterocycles. The molecule has 1 amide bonds. The van der Waals surface area contributed by atoms with Crippen molar-refractivity contribution in [1.82, 2.24) is 4.90 Å². The normalized spacial score (nSPS) is 14.9. The van der Waals surface area contributed by atoms with Crippen LogP contribution in [0.5, 0.6) is 34.5 Å². The van der Waals surface area contributed by atoms with Gasteiger partial charge in [0.05, 0.1) is 42.2 Å². The fourth-order valence-electron chi connectivity index (χ4n) is 4.28. The van der Waals surface area contributed by atoms with Gasteiger partial charge in [-0.25, -0.2) is 9.59 Å². The molecule has 37 heavy (non-hydrogen) atoms. The first kappa shape index (κ1) is 27.8. The van der Waals surface area contributed by atoms with E-state index < -0.39 is 18.1 Å². The van der Waals surface area contributed by atoms with Crippen LogP contribution >= 0.6 is 0 Å². The number of aryl methyl sites for hydroxylation is 1. The quantitative estimate of drug-likeness (QED) is 0.320. The molecule has 10 heteroatoms. The molecule has 2 aromatic carbocycles. The zero-order chi connectivity index (χ0) is 26.8. The van der Waals surface area contributed by atoms with Crippen LogP contribution in [0.2, 0.25) is 0 Å². The van der Waals surface area contributed by atoms with Gasteiger partial charge in [0.2, 0.25) is 5.75 Å². The van der Waals surface area contributed by atoms with Gasteiger partial charge in [-0.2, -0.15) is 0 Å². The molecule has 1 aliphatic rings. The second kappa shape index (κ2) is 13.5. The second-order valence-electron chi connectivity index (χ2n) is 8.38. The number of ether oxygens (including phenoxy) is 7. The van der Waals surface area contributed by atoms with E-state index in [0.29, 0.717) is 43.1 Å². The van der Waals surface area contributed by atoms with E-state index in [2.05, 4.69) is 0 Å². The Kier molecular flexibility index (Phi) is 10.1. The summed E-state index contributed by atoms with van der Waals surface area (Å²) in [6.07, 6.45) is 2.69. The van der Waals surface area contributed by atoms with Gasteiger partial charge >= 0.3 is 12.1 Å². The van der Waals surface area contributed by atoms with E-state index in [0.717, 1.165) is 29.9 Å². The van der Waals surface area contributed by atoms with Gasteiger partial charge < -0.3 is 33.2 Å². The van der Waals surface area contributed by atoms with E-state index >= 15 is 0 Å². The molecule has 0 saturated carbocycles. The maximum Gasteiger partial charge on any atom is 0.415 e. The number of methoxy groups -OCH3 is 5. The molecule has 202 valence electrons. The van der Waals surface area contributed by atoms with Crippen LogP contribution in [-0.2, 0) is 16.0 Å². The van der Waals surface area contributed by atoms with Gasteiger partial charge in [-0.1, -0.05) is 0 Å². The first-order chi connectivity index (χ1) is 17.9. The number of hydrogen-bond donors (Lipinski definition) is 0. The van der Waals surface area contributed by atoms with Crippen LogP contribution in [0.25, 0.3) is 0 Å². The minimum Gasteiger partial charge on any atom is -0.497 e. The summed E-state index contributed by atoms with van der Waals surface area (Å²) in [6, 6.07) is 7.93. The number of hydrogen-bond acceptors (Lipinski definition) is 9. The van der Waals surface area contributed by atoms with E-state index in [9.17, 15) is 9.59 Å². The number of rotatable bonds is 11. The van der Waals surface area contributed by atoms with Gasteiger partial charge in [-0.05, 0) is 55.9 Å². The highest BCUT2D eigenvalue weighted by atomic mass is 16.6. The molecule has 3 rings (SSSR count). The molecule has 0 spiro atoms. The number of piperidine rings is 1. The Labute approximate surface area is 217 Å². The third-order valence-electron chi connectivity index (χ3n) is 6.18.